The van der Waals surface area contributed by atoms with Gasteiger partial charge >= 0.3 is 6.09 Å². The molecule has 20 heavy (non-hydrogen) atoms. The fraction of sp³-hybridized carbons (Fsp3) is 0.429. The summed E-state index contributed by atoms with van der Waals surface area (Å²) in [6.45, 7) is 5.06. The van der Waals surface area contributed by atoms with Crippen LogP contribution in [0.2, 0.25) is 0 Å². The third-order valence-electron chi connectivity index (χ3n) is 2.44. The molecule has 1 unspecified atom stereocenters. The minimum Gasteiger partial charge on any atom is -0.442 e. The number of ether oxygens (including phenoxy) is 1. The highest BCUT2D eigenvalue weighted by Crippen LogP contribution is 2.09. The second-order valence-electron chi connectivity index (χ2n) is 5.48. The van der Waals surface area contributed by atoms with Crippen molar-refractivity contribution in [3.63, 3.8) is 0 Å². The van der Waals surface area contributed by atoms with Crippen LogP contribution in [-0.4, -0.2) is 28.7 Å². The second kappa shape index (κ2) is 6.49. The van der Waals surface area contributed by atoms with Gasteiger partial charge in [0.05, 0.1) is 6.04 Å². The Balaban J connectivity index is 2.62. The van der Waals surface area contributed by atoms with Crippen LogP contribution in [0.3, 0.4) is 0 Å². The largest absolute Gasteiger partial charge is 0.442 e. The summed E-state index contributed by atoms with van der Waals surface area (Å²) in [5, 5.41) is 0.429. The van der Waals surface area contributed by atoms with Crippen LogP contribution in [0.25, 0.3) is 0 Å². The lowest BCUT2D eigenvalue weighted by Gasteiger charge is -2.24. The maximum absolute atomic E-state index is 11.9. The molecule has 6 nitrogen and oxygen atoms in total. The number of nitrogens with two attached hydrogens (primary N) is 2. The van der Waals surface area contributed by atoms with Gasteiger partial charge in [0.1, 0.15) is 5.60 Å². The molecule has 0 aliphatic heterocycles. The van der Waals surface area contributed by atoms with Crippen LogP contribution < -0.4 is 11.6 Å². The van der Waals surface area contributed by atoms with Gasteiger partial charge in [-0.15, -0.1) is 0 Å². The average Bonchev–Trinajstić information content (AvgIpc) is 2.36. The molecule has 6 heteroatoms. The Bertz CT molecular complexity index is 468. The third kappa shape index (κ3) is 4.99. The first-order chi connectivity index (χ1) is 9.20. The molecule has 0 aliphatic carbocycles. The van der Waals surface area contributed by atoms with E-state index in [-0.39, 0.29) is 0 Å². The van der Waals surface area contributed by atoms with Crippen molar-refractivity contribution in [2.45, 2.75) is 38.8 Å². The van der Waals surface area contributed by atoms with Crippen LogP contribution >= 0.6 is 0 Å². The highest BCUT2D eigenvalue weighted by molar-refractivity contribution is 5.94. The summed E-state index contributed by atoms with van der Waals surface area (Å²) in [5.74, 6) is 4.77. The van der Waals surface area contributed by atoms with Crippen LogP contribution in [0.1, 0.15) is 26.3 Å². The number of benzene rings is 1. The van der Waals surface area contributed by atoms with Gasteiger partial charge in [-0.3, -0.25) is 4.79 Å². The summed E-state index contributed by atoms with van der Waals surface area (Å²) in [5.41, 5.74) is 5.94. The van der Waals surface area contributed by atoms with Crippen LogP contribution in [0.5, 0.6) is 0 Å². The van der Waals surface area contributed by atoms with Gasteiger partial charge in [-0.1, -0.05) is 30.3 Å². The summed E-state index contributed by atoms with van der Waals surface area (Å²) in [4.78, 5) is 23.6. The van der Waals surface area contributed by atoms with Crippen molar-refractivity contribution in [1.29, 1.82) is 0 Å². The number of imide groups is 1. The second-order valence-corrected chi connectivity index (χ2v) is 5.48. The number of amides is 2. The zero-order valence-corrected chi connectivity index (χ0v) is 12.0. The van der Waals surface area contributed by atoms with E-state index in [0.29, 0.717) is 11.4 Å². The van der Waals surface area contributed by atoms with Crippen molar-refractivity contribution in [1.82, 2.24) is 5.01 Å². The number of rotatable bonds is 3. The molecule has 110 valence electrons. The fourth-order valence-electron chi connectivity index (χ4n) is 1.54. The van der Waals surface area contributed by atoms with E-state index in [1.165, 1.54) is 0 Å². The molecular formula is C14H21N3O3. The van der Waals surface area contributed by atoms with Crippen molar-refractivity contribution < 1.29 is 14.3 Å². The van der Waals surface area contributed by atoms with Gasteiger partial charge in [0, 0.05) is 0 Å². The summed E-state index contributed by atoms with van der Waals surface area (Å²) in [7, 11) is 0. The molecule has 0 radical (unpaired) electrons. The zero-order chi connectivity index (χ0) is 15.3. The van der Waals surface area contributed by atoms with E-state index in [1.807, 2.05) is 30.3 Å². The van der Waals surface area contributed by atoms with E-state index in [4.69, 9.17) is 16.3 Å². The molecule has 2 amide bonds. The predicted octanol–water partition coefficient (Wildman–Crippen LogP) is 1.19. The van der Waals surface area contributed by atoms with Crippen molar-refractivity contribution in [3.8, 4) is 0 Å². The zero-order valence-electron chi connectivity index (χ0n) is 12.0. The molecule has 0 fully saturated rings. The lowest BCUT2D eigenvalue weighted by molar-refractivity contribution is -0.132. The summed E-state index contributed by atoms with van der Waals surface area (Å²) >= 11 is 0. The highest BCUT2D eigenvalue weighted by atomic mass is 16.6. The van der Waals surface area contributed by atoms with Gasteiger partial charge in [0.2, 0.25) is 0 Å². The minimum absolute atomic E-state index is 0.302. The lowest BCUT2D eigenvalue weighted by atomic mass is 10.1. The first-order valence-corrected chi connectivity index (χ1v) is 6.32. The predicted molar refractivity (Wildman–Crippen MR) is 75.4 cm³/mol. The third-order valence-corrected chi connectivity index (χ3v) is 2.44. The number of carbonyl (C=O) groups is 2. The van der Waals surface area contributed by atoms with Gasteiger partial charge < -0.3 is 10.5 Å². The maximum Gasteiger partial charge on any atom is 0.431 e. The Hall–Kier alpha value is -1.92. The van der Waals surface area contributed by atoms with Crippen LogP contribution in [0.15, 0.2) is 30.3 Å². The van der Waals surface area contributed by atoms with Gasteiger partial charge in [-0.25, -0.2) is 10.6 Å². The fourth-order valence-corrected chi connectivity index (χ4v) is 1.54. The molecule has 0 saturated heterocycles. The quantitative estimate of drug-likeness (QED) is 0.492. The minimum atomic E-state index is -0.911. The van der Waals surface area contributed by atoms with E-state index >= 15 is 0 Å². The molecule has 0 spiro atoms. The van der Waals surface area contributed by atoms with Gasteiger partial charge in [0.15, 0.2) is 0 Å². The van der Waals surface area contributed by atoms with Gasteiger partial charge in [0.25, 0.3) is 5.91 Å². The molecular weight excluding hydrogens is 258 g/mol. The SMILES string of the molecule is CC(C)(C)OC(=O)N(N)C(=O)C(N)Cc1ccccc1. The Labute approximate surface area is 118 Å². The summed E-state index contributed by atoms with van der Waals surface area (Å²) in [6, 6.07) is 8.37. The Morgan fingerprint density at radius 3 is 2.30 bits per heavy atom. The number of nitrogens with zero attached hydrogens (tertiary/aromatic N) is 1. The van der Waals surface area contributed by atoms with Gasteiger partial charge in [-0.2, -0.15) is 5.01 Å². The van der Waals surface area contributed by atoms with E-state index in [9.17, 15) is 9.59 Å². The van der Waals surface area contributed by atoms with E-state index in [2.05, 4.69) is 0 Å². The van der Waals surface area contributed by atoms with Crippen LogP contribution in [0, 0.1) is 0 Å². The van der Waals surface area contributed by atoms with E-state index in [1.54, 1.807) is 20.8 Å². The molecule has 1 aromatic carbocycles. The molecule has 1 atom stereocenters. The molecule has 4 N–H and O–H groups in total. The molecule has 0 bridgehead atoms. The topological polar surface area (TPSA) is 98.6 Å². The average molecular weight is 279 g/mol. The van der Waals surface area contributed by atoms with Crippen molar-refractivity contribution in [2.24, 2.45) is 11.6 Å². The van der Waals surface area contributed by atoms with E-state index < -0.39 is 23.6 Å². The first kappa shape index (κ1) is 16.1. The van der Waals surface area contributed by atoms with Crippen LogP contribution in [0.4, 0.5) is 4.79 Å². The molecule has 0 heterocycles. The van der Waals surface area contributed by atoms with Crippen molar-refractivity contribution in [3.05, 3.63) is 35.9 Å². The molecule has 1 rings (SSSR count). The molecule has 0 aromatic heterocycles. The Morgan fingerprint density at radius 1 is 1.25 bits per heavy atom. The smallest absolute Gasteiger partial charge is 0.431 e. The molecule has 0 saturated carbocycles. The molecule has 1 aromatic rings. The number of hydrogen-bond acceptors (Lipinski definition) is 5. The van der Waals surface area contributed by atoms with Crippen LogP contribution in [-0.2, 0) is 16.0 Å². The number of carbonyl (C=O) groups excluding carboxylic acids is 2. The first-order valence-electron chi connectivity index (χ1n) is 6.32. The van der Waals surface area contributed by atoms with Crippen molar-refractivity contribution in [2.75, 3.05) is 0 Å². The normalized spacial score (nSPS) is 12.7. The maximum atomic E-state index is 11.9. The van der Waals surface area contributed by atoms with Gasteiger partial charge in [-0.05, 0) is 32.8 Å². The summed E-state index contributed by atoms with van der Waals surface area (Å²) in [6.07, 6.45) is -0.609. The number of hydrogen-bond donors (Lipinski definition) is 2. The molecule has 0 aliphatic rings. The van der Waals surface area contributed by atoms with Crippen molar-refractivity contribution >= 4 is 12.0 Å². The number of hydrazine groups is 1. The summed E-state index contributed by atoms with van der Waals surface area (Å²) < 4.78 is 5.01. The standard InChI is InChI=1S/C14H21N3O3/c1-14(2,3)20-13(19)17(16)12(18)11(15)9-10-7-5-4-6-8-10/h4-8,11H,9,15-16H2,1-3H3. The lowest BCUT2D eigenvalue weighted by Crippen LogP contribution is -2.52. The highest BCUT2D eigenvalue weighted by Gasteiger charge is 2.28. The Morgan fingerprint density at radius 2 is 1.80 bits per heavy atom. The Kier molecular flexibility index (Phi) is 5.24. The monoisotopic (exact) mass is 279 g/mol. The van der Waals surface area contributed by atoms with E-state index in [0.717, 1.165) is 5.56 Å².